The molecule has 0 aliphatic carbocycles. The van der Waals surface area contributed by atoms with Crippen molar-refractivity contribution in [3.63, 3.8) is 0 Å². The average Bonchev–Trinajstić information content (AvgIpc) is 3.12. The summed E-state index contributed by atoms with van der Waals surface area (Å²) in [6.07, 6.45) is 5.41. The van der Waals surface area contributed by atoms with Gasteiger partial charge in [-0.3, -0.25) is 0 Å². The summed E-state index contributed by atoms with van der Waals surface area (Å²) in [4.78, 5) is 22.7. The number of fused-ring (bicyclic) bond motifs is 2. The molecule has 0 amide bonds. The van der Waals surface area contributed by atoms with Crippen molar-refractivity contribution < 1.29 is 4.74 Å². The number of nitrogens with one attached hydrogen (secondary N) is 2. The number of aromatic nitrogens is 5. The maximum atomic E-state index is 6.63. The fraction of sp³-hybridized carbons (Fsp3) is 0.412. The molecule has 0 aromatic carbocycles. The van der Waals surface area contributed by atoms with Crippen molar-refractivity contribution in [1.29, 1.82) is 0 Å². The molecular formula is C17H18ClN7O. The number of aromatic amines is 1. The van der Waals surface area contributed by atoms with E-state index in [4.69, 9.17) is 16.3 Å². The molecule has 2 atom stereocenters. The lowest BCUT2D eigenvalue weighted by atomic mass is 9.96. The fourth-order valence-electron chi connectivity index (χ4n) is 3.66. The molecule has 0 bridgehead atoms. The van der Waals surface area contributed by atoms with Crippen molar-refractivity contribution in [2.75, 3.05) is 24.5 Å². The lowest BCUT2D eigenvalue weighted by Crippen LogP contribution is -2.51. The van der Waals surface area contributed by atoms with Crippen molar-refractivity contribution in [3.8, 4) is 11.8 Å². The summed E-state index contributed by atoms with van der Waals surface area (Å²) in [6.45, 7) is 4.98. The number of halogens is 1. The molecule has 2 fully saturated rings. The second-order valence-corrected chi connectivity index (χ2v) is 7.06. The molecule has 26 heavy (non-hydrogen) atoms. The Labute approximate surface area is 155 Å². The highest BCUT2D eigenvalue weighted by molar-refractivity contribution is 6.37. The minimum absolute atomic E-state index is 0.259. The molecular weight excluding hydrogens is 354 g/mol. The molecule has 2 aliphatic heterocycles. The molecule has 2 N–H and O–H groups in total. The Bertz CT molecular complexity index is 949. The Hall–Kier alpha value is -2.45. The van der Waals surface area contributed by atoms with Gasteiger partial charge in [0.1, 0.15) is 17.8 Å². The van der Waals surface area contributed by atoms with E-state index in [2.05, 4.69) is 42.1 Å². The van der Waals surface area contributed by atoms with Gasteiger partial charge in [-0.05, 0) is 6.42 Å². The highest BCUT2D eigenvalue weighted by Gasteiger charge is 2.40. The van der Waals surface area contributed by atoms with Gasteiger partial charge in [-0.1, -0.05) is 18.5 Å². The second kappa shape index (κ2) is 6.07. The smallest absolute Gasteiger partial charge is 0.326 e. The number of nitrogens with zero attached hydrogens (tertiary/aromatic N) is 5. The van der Waals surface area contributed by atoms with Crippen molar-refractivity contribution >= 4 is 28.5 Å². The summed E-state index contributed by atoms with van der Waals surface area (Å²) < 4.78 is 5.79. The van der Waals surface area contributed by atoms with E-state index in [1.54, 1.807) is 12.4 Å². The fourth-order valence-corrected chi connectivity index (χ4v) is 4.01. The molecule has 2 unspecified atom stereocenters. The maximum absolute atomic E-state index is 6.63. The Kier molecular flexibility index (Phi) is 3.68. The van der Waals surface area contributed by atoms with Crippen LogP contribution < -0.4 is 15.0 Å². The topological polar surface area (TPSA) is 91.8 Å². The first kappa shape index (κ1) is 15.8. The van der Waals surface area contributed by atoms with Gasteiger partial charge in [0.15, 0.2) is 5.75 Å². The highest BCUT2D eigenvalue weighted by Crippen LogP contribution is 2.38. The Morgan fingerprint density at radius 2 is 2.12 bits per heavy atom. The van der Waals surface area contributed by atoms with Crippen molar-refractivity contribution in [2.45, 2.75) is 19.4 Å². The Balaban J connectivity index is 1.61. The van der Waals surface area contributed by atoms with Gasteiger partial charge in [0.25, 0.3) is 0 Å². The van der Waals surface area contributed by atoms with E-state index < -0.39 is 0 Å². The van der Waals surface area contributed by atoms with Crippen LogP contribution >= 0.6 is 11.6 Å². The van der Waals surface area contributed by atoms with Gasteiger partial charge in [-0.25, -0.2) is 9.97 Å². The Morgan fingerprint density at radius 3 is 2.77 bits per heavy atom. The number of hydrogen-bond donors (Lipinski definition) is 2. The molecule has 3 aromatic rings. The van der Waals surface area contributed by atoms with Crippen LogP contribution in [0.15, 0.2) is 18.7 Å². The zero-order valence-electron chi connectivity index (χ0n) is 14.2. The van der Waals surface area contributed by atoms with Gasteiger partial charge < -0.3 is 19.9 Å². The van der Waals surface area contributed by atoms with Gasteiger partial charge in [0.2, 0.25) is 0 Å². The largest absolute Gasteiger partial charge is 0.421 e. The first-order chi connectivity index (χ1) is 12.7. The van der Waals surface area contributed by atoms with Crippen LogP contribution in [-0.2, 0) is 6.42 Å². The van der Waals surface area contributed by atoms with Gasteiger partial charge in [-0.2, -0.15) is 9.97 Å². The van der Waals surface area contributed by atoms with Crippen LogP contribution in [0.3, 0.4) is 0 Å². The van der Waals surface area contributed by atoms with Gasteiger partial charge in [0.05, 0.1) is 22.8 Å². The molecule has 8 nitrogen and oxygen atoms in total. The summed E-state index contributed by atoms with van der Waals surface area (Å²) in [6, 6.07) is 0.783. The van der Waals surface area contributed by atoms with Crippen molar-refractivity contribution in [1.82, 2.24) is 30.2 Å². The lowest BCUT2D eigenvalue weighted by molar-refractivity contribution is 0.297. The molecule has 3 aromatic heterocycles. The minimum atomic E-state index is 0.259. The van der Waals surface area contributed by atoms with Crippen LogP contribution in [0.1, 0.15) is 12.6 Å². The molecule has 2 saturated heterocycles. The quantitative estimate of drug-likeness (QED) is 0.726. The number of aryl methyl sites for hydroxylation is 1. The first-order valence-electron chi connectivity index (χ1n) is 8.72. The molecule has 0 saturated carbocycles. The van der Waals surface area contributed by atoms with E-state index >= 15 is 0 Å². The van der Waals surface area contributed by atoms with E-state index in [1.165, 1.54) is 6.33 Å². The summed E-state index contributed by atoms with van der Waals surface area (Å²) in [7, 11) is 0. The van der Waals surface area contributed by atoms with Gasteiger partial charge >= 0.3 is 6.01 Å². The molecule has 134 valence electrons. The maximum Gasteiger partial charge on any atom is 0.326 e. The number of ether oxygens (including phenoxy) is 1. The molecule has 5 rings (SSSR count). The van der Waals surface area contributed by atoms with Crippen LogP contribution in [-0.4, -0.2) is 50.6 Å². The zero-order valence-corrected chi connectivity index (χ0v) is 15.0. The third-order valence-corrected chi connectivity index (χ3v) is 5.52. The predicted molar refractivity (Wildman–Crippen MR) is 97.9 cm³/mol. The summed E-state index contributed by atoms with van der Waals surface area (Å²) in [5.41, 5.74) is 1.65. The van der Waals surface area contributed by atoms with Gasteiger partial charge in [0, 0.05) is 37.3 Å². The number of anilines is 1. The van der Waals surface area contributed by atoms with Gasteiger partial charge in [-0.15, -0.1) is 0 Å². The van der Waals surface area contributed by atoms with E-state index in [1.807, 2.05) is 0 Å². The van der Waals surface area contributed by atoms with E-state index in [0.29, 0.717) is 28.4 Å². The van der Waals surface area contributed by atoms with Crippen LogP contribution in [0, 0.1) is 5.92 Å². The van der Waals surface area contributed by atoms with Crippen LogP contribution in [0.4, 0.5) is 5.82 Å². The summed E-state index contributed by atoms with van der Waals surface area (Å²) in [5.74, 6) is 1.98. The highest BCUT2D eigenvalue weighted by atomic mass is 35.5. The normalized spacial score (nSPS) is 21.7. The Morgan fingerprint density at radius 1 is 1.27 bits per heavy atom. The number of rotatable bonds is 4. The van der Waals surface area contributed by atoms with Crippen LogP contribution in [0.25, 0.3) is 11.0 Å². The molecule has 2 aliphatic rings. The van der Waals surface area contributed by atoms with Crippen LogP contribution in [0.5, 0.6) is 11.8 Å². The molecule has 0 radical (unpaired) electrons. The summed E-state index contributed by atoms with van der Waals surface area (Å²) >= 11 is 6.63. The molecule has 0 spiro atoms. The first-order valence-corrected chi connectivity index (χ1v) is 9.10. The van der Waals surface area contributed by atoms with E-state index in [9.17, 15) is 0 Å². The third kappa shape index (κ3) is 2.48. The monoisotopic (exact) mass is 371 g/mol. The average molecular weight is 372 g/mol. The lowest BCUT2D eigenvalue weighted by Gasteiger charge is -2.29. The van der Waals surface area contributed by atoms with Crippen molar-refractivity contribution in [3.05, 3.63) is 29.4 Å². The standard InChI is InChI=1S/C17H18ClN7O/c1-2-11-14(18)13-15(22-11)23-17(26-10-4-19-8-20-5-10)24-16(13)25-6-9-3-21-12(9)7-25/h4-5,8-9,12,21H,2-3,6-7H2,1H3,(H,22,23,24). The predicted octanol–water partition coefficient (Wildman–Crippen LogP) is 2.16. The zero-order chi connectivity index (χ0) is 17.7. The number of hydrogen-bond acceptors (Lipinski definition) is 7. The second-order valence-electron chi connectivity index (χ2n) is 6.68. The third-order valence-electron chi connectivity index (χ3n) is 5.11. The van der Waals surface area contributed by atoms with Crippen molar-refractivity contribution in [2.24, 2.45) is 5.92 Å². The SMILES string of the molecule is CCc1[nH]c2nc(Oc3cncnc3)nc(N3CC4CNC4C3)c2c1Cl. The number of H-pyrrole nitrogens is 1. The summed E-state index contributed by atoms with van der Waals surface area (Å²) in [5, 5.41) is 5.02. The molecule has 9 heteroatoms. The van der Waals surface area contributed by atoms with Crippen LogP contribution in [0.2, 0.25) is 5.02 Å². The van der Waals surface area contributed by atoms with E-state index in [0.717, 1.165) is 43.0 Å². The van der Waals surface area contributed by atoms with E-state index in [-0.39, 0.29) is 6.01 Å². The molecule has 5 heterocycles. The minimum Gasteiger partial charge on any atom is -0.421 e.